The third-order valence-electron chi connectivity index (χ3n) is 2.24. The summed E-state index contributed by atoms with van der Waals surface area (Å²) in [7, 11) is 0. The molecular formula is C10H12N4O2. The first kappa shape index (κ1) is 10.3. The molecule has 0 aliphatic heterocycles. The Morgan fingerprint density at radius 2 is 2.44 bits per heavy atom. The van der Waals surface area contributed by atoms with Crippen LogP contribution < -0.4 is 15.8 Å². The summed E-state index contributed by atoms with van der Waals surface area (Å²) in [6.45, 7) is 1.95. The first-order valence-electron chi connectivity index (χ1n) is 4.80. The average molecular weight is 220 g/mol. The van der Waals surface area contributed by atoms with E-state index in [0.717, 1.165) is 5.56 Å². The molecule has 0 bridgehead atoms. The van der Waals surface area contributed by atoms with Crippen molar-refractivity contribution in [1.29, 1.82) is 0 Å². The SMILES string of the molecule is CC(Nc1cnc(N)[n+]([O-])c1)c1ccoc1. The summed E-state index contributed by atoms with van der Waals surface area (Å²) in [5.41, 5.74) is 6.91. The zero-order valence-electron chi connectivity index (χ0n) is 8.75. The minimum Gasteiger partial charge on any atom is -0.740 e. The largest absolute Gasteiger partial charge is 0.740 e. The van der Waals surface area contributed by atoms with Crippen LogP contribution in [0.2, 0.25) is 0 Å². The molecule has 0 amide bonds. The number of nitrogens with one attached hydrogen (secondary N) is 1. The number of furan rings is 1. The van der Waals surface area contributed by atoms with Crippen molar-refractivity contribution < 1.29 is 9.15 Å². The normalized spacial score (nSPS) is 12.3. The molecule has 6 nitrogen and oxygen atoms in total. The lowest BCUT2D eigenvalue weighted by Crippen LogP contribution is -2.31. The highest BCUT2D eigenvalue weighted by atomic mass is 16.5. The van der Waals surface area contributed by atoms with Gasteiger partial charge in [0, 0.05) is 5.56 Å². The molecule has 0 saturated heterocycles. The molecule has 2 aromatic rings. The van der Waals surface area contributed by atoms with Gasteiger partial charge in [-0.05, 0) is 13.0 Å². The molecule has 2 heterocycles. The Balaban J connectivity index is 2.12. The van der Waals surface area contributed by atoms with E-state index in [9.17, 15) is 5.21 Å². The van der Waals surface area contributed by atoms with Crippen molar-refractivity contribution in [3.05, 3.63) is 41.8 Å². The summed E-state index contributed by atoms with van der Waals surface area (Å²) >= 11 is 0. The maximum atomic E-state index is 11.2. The van der Waals surface area contributed by atoms with E-state index in [0.29, 0.717) is 10.4 Å². The third kappa shape index (κ3) is 2.05. The van der Waals surface area contributed by atoms with E-state index in [4.69, 9.17) is 10.2 Å². The number of anilines is 2. The van der Waals surface area contributed by atoms with E-state index >= 15 is 0 Å². The fraction of sp³-hybridized carbons (Fsp3) is 0.200. The number of hydrogen-bond donors (Lipinski definition) is 2. The first-order chi connectivity index (χ1) is 7.66. The molecule has 0 spiro atoms. The van der Waals surface area contributed by atoms with Gasteiger partial charge in [0.2, 0.25) is 0 Å². The molecule has 6 heteroatoms. The average Bonchev–Trinajstić information content (AvgIpc) is 2.77. The van der Waals surface area contributed by atoms with Crippen LogP contribution in [0.4, 0.5) is 11.6 Å². The second-order valence-corrected chi connectivity index (χ2v) is 3.45. The second kappa shape index (κ2) is 4.09. The summed E-state index contributed by atoms with van der Waals surface area (Å²) < 4.78 is 5.49. The third-order valence-corrected chi connectivity index (χ3v) is 2.24. The van der Waals surface area contributed by atoms with Crippen LogP contribution in [0, 0.1) is 5.21 Å². The molecule has 1 unspecified atom stereocenters. The minimum absolute atomic E-state index is 0.0316. The van der Waals surface area contributed by atoms with E-state index in [2.05, 4.69) is 10.3 Å². The quantitative estimate of drug-likeness (QED) is 0.596. The van der Waals surface area contributed by atoms with Crippen LogP contribution in [-0.4, -0.2) is 4.98 Å². The van der Waals surface area contributed by atoms with Gasteiger partial charge in [0.25, 0.3) is 0 Å². The number of hydrogen-bond acceptors (Lipinski definition) is 5. The van der Waals surface area contributed by atoms with Gasteiger partial charge in [-0.15, -0.1) is 0 Å². The summed E-state index contributed by atoms with van der Waals surface area (Å²) in [6, 6.07) is 1.89. The number of nitrogens with two attached hydrogens (primary N) is 1. The molecule has 16 heavy (non-hydrogen) atoms. The maximum Gasteiger partial charge on any atom is 0.389 e. The molecule has 0 radical (unpaired) electrons. The van der Waals surface area contributed by atoms with Gasteiger partial charge in [-0.3, -0.25) is 5.73 Å². The first-order valence-corrected chi connectivity index (χ1v) is 4.80. The van der Waals surface area contributed by atoms with Gasteiger partial charge < -0.3 is 14.9 Å². The lowest BCUT2D eigenvalue weighted by molar-refractivity contribution is -0.591. The van der Waals surface area contributed by atoms with Crippen LogP contribution in [0.15, 0.2) is 35.4 Å². The molecular weight excluding hydrogens is 208 g/mol. The van der Waals surface area contributed by atoms with E-state index in [1.807, 2.05) is 13.0 Å². The van der Waals surface area contributed by atoms with Crippen molar-refractivity contribution in [2.45, 2.75) is 13.0 Å². The van der Waals surface area contributed by atoms with Crippen LogP contribution in [0.1, 0.15) is 18.5 Å². The van der Waals surface area contributed by atoms with Gasteiger partial charge in [0.15, 0.2) is 0 Å². The highest BCUT2D eigenvalue weighted by Gasteiger charge is 2.08. The Kier molecular flexibility index (Phi) is 2.63. The number of rotatable bonds is 3. The Hall–Kier alpha value is -2.24. The van der Waals surface area contributed by atoms with Gasteiger partial charge in [-0.25, -0.2) is 4.73 Å². The fourth-order valence-electron chi connectivity index (χ4n) is 1.35. The van der Waals surface area contributed by atoms with Crippen LogP contribution in [0.25, 0.3) is 0 Å². The van der Waals surface area contributed by atoms with Crippen molar-refractivity contribution in [3.63, 3.8) is 0 Å². The smallest absolute Gasteiger partial charge is 0.389 e. The van der Waals surface area contributed by atoms with E-state index in [1.165, 1.54) is 12.4 Å². The van der Waals surface area contributed by atoms with Crippen molar-refractivity contribution in [1.82, 2.24) is 4.98 Å². The Morgan fingerprint density at radius 1 is 1.62 bits per heavy atom. The second-order valence-electron chi connectivity index (χ2n) is 3.45. The summed E-state index contributed by atoms with van der Waals surface area (Å²) in [6.07, 6.45) is 6.11. The lowest BCUT2D eigenvalue weighted by atomic mass is 10.2. The van der Waals surface area contributed by atoms with Gasteiger partial charge in [-0.2, -0.15) is 0 Å². The van der Waals surface area contributed by atoms with Gasteiger partial charge in [0.1, 0.15) is 11.9 Å². The molecule has 3 N–H and O–H groups in total. The number of nitrogen functional groups attached to an aromatic ring is 1. The van der Waals surface area contributed by atoms with Crippen molar-refractivity contribution in [2.24, 2.45) is 0 Å². The molecule has 0 fully saturated rings. The Morgan fingerprint density at radius 3 is 3.06 bits per heavy atom. The molecule has 2 rings (SSSR count). The number of aromatic nitrogens is 2. The van der Waals surface area contributed by atoms with E-state index in [-0.39, 0.29) is 12.0 Å². The topological polar surface area (TPSA) is 91.0 Å². The molecule has 0 aliphatic rings. The summed E-state index contributed by atoms with van der Waals surface area (Å²) in [5.74, 6) is -0.0680. The zero-order chi connectivity index (χ0) is 11.5. The minimum atomic E-state index is -0.0680. The Labute approximate surface area is 92.3 Å². The molecule has 84 valence electrons. The highest BCUT2D eigenvalue weighted by molar-refractivity contribution is 5.40. The molecule has 2 aromatic heterocycles. The summed E-state index contributed by atoms with van der Waals surface area (Å²) in [4.78, 5) is 3.76. The predicted octanol–water partition coefficient (Wildman–Crippen LogP) is 1.06. The summed E-state index contributed by atoms with van der Waals surface area (Å²) in [5, 5.41) is 14.3. The van der Waals surface area contributed by atoms with Crippen LogP contribution in [-0.2, 0) is 0 Å². The van der Waals surface area contributed by atoms with Gasteiger partial charge >= 0.3 is 5.95 Å². The van der Waals surface area contributed by atoms with E-state index in [1.54, 1.807) is 12.5 Å². The van der Waals surface area contributed by atoms with Gasteiger partial charge in [0.05, 0.1) is 24.8 Å². The Bertz CT molecular complexity index is 470. The van der Waals surface area contributed by atoms with Crippen LogP contribution in [0.5, 0.6) is 0 Å². The van der Waals surface area contributed by atoms with Crippen molar-refractivity contribution in [2.75, 3.05) is 11.1 Å². The maximum absolute atomic E-state index is 11.2. The molecule has 0 aromatic carbocycles. The fourth-order valence-corrected chi connectivity index (χ4v) is 1.35. The lowest BCUT2D eigenvalue weighted by Gasteiger charge is -2.13. The standard InChI is InChI=1S/C10H12N4O2/c1-7(8-2-3-16-6-8)13-9-4-12-10(11)14(15)5-9/h2-7,13H,1H3,(H2,11,12). The molecule has 0 saturated carbocycles. The zero-order valence-corrected chi connectivity index (χ0v) is 8.75. The predicted molar refractivity (Wildman–Crippen MR) is 58.4 cm³/mol. The van der Waals surface area contributed by atoms with E-state index < -0.39 is 0 Å². The molecule has 0 aliphatic carbocycles. The number of nitrogens with zero attached hydrogens (tertiary/aromatic N) is 2. The van der Waals surface area contributed by atoms with Crippen molar-refractivity contribution in [3.8, 4) is 0 Å². The van der Waals surface area contributed by atoms with Gasteiger partial charge in [-0.1, -0.05) is 4.98 Å². The molecule has 1 atom stereocenters. The van der Waals surface area contributed by atoms with Crippen LogP contribution in [0.3, 0.4) is 0 Å². The van der Waals surface area contributed by atoms with Crippen LogP contribution >= 0.6 is 0 Å². The highest BCUT2D eigenvalue weighted by Crippen LogP contribution is 2.17. The monoisotopic (exact) mass is 220 g/mol. The van der Waals surface area contributed by atoms with Crippen molar-refractivity contribution >= 4 is 11.6 Å².